The number of sulfonamides is 1. The van der Waals surface area contributed by atoms with Crippen LogP contribution in [0, 0.1) is 0 Å². The van der Waals surface area contributed by atoms with Crippen molar-refractivity contribution in [3.63, 3.8) is 0 Å². The monoisotopic (exact) mass is 393 g/mol. The molecule has 0 amide bonds. The molecular formula is C18H14F3N3O2S. The molecule has 5 nitrogen and oxygen atoms in total. The molecule has 0 saturated heterocycles. The summed E-state index contributed by atoms with van der Waals surface area (Å²) in [4.78, 5) is 8.03. The molecule has 3 rings (SSSR count). The molecule has 0 bridgehead atoms. The number of pyridine rings is 2. The maximum absolute atomic E-state index is 12.6. The summed E-state index contributed by atoms with van der Waals surface area (Å²) >= 11 is 0. The first-order valence-electron chi connectivity index (χ1n) is 7.78. The molecule has 0 unspecified atom stereocenters. The van der Waals surface area contributed by atoms with E-state index in [9.17, 15) is 21.6 Å². The van der Waals surface area contributed by atoms with Gasteiger partial charge in [-0.3, -0.25) is 9.97 Å². The van der Waals surface area contributed by atoms with E-state index >= 15 is 0 Å². The minimum Gasteiger partial charge on any atom is -0.264 e. The Balaban J connectivity index is 1.68. The Kier molecular flexibility index (Phi) is 5.24. The molecule has 27 heavy (non-hydrogen) atoms. The standard InChI is InChI=1S/C18H14F3N3O2S/c19-18(20,21)15-4-6-16(7-5-15)27(25,26)24-11-13-3-8-17(23-10-13)14-2-1-9-22-12-14/h1-10,12,24H,11H2. The summed E-state index contributed by atoms with van der Waals surface area (Å²) in [5.74, 6) is 0. The van der Waals surface area contributed by atoms with Crippen molar-refractivity contribution in [2.24, 2.45) is 0 Å². The zero-order chi connectivity index (χ0) is 19.5. The van der Waals surface area contributed by atoms with E-state index in [2.05, 4.69) is 14.7 Å². The highest BCUT2D eigenvalue weighted by molar-refractivity contribution is 7.89. The van der Waals surface area contributed by atoms with Crippen LogP contribution in [-0.2, 0) is 22.7 Å². The predicted molar refractivity (Wildman–Crippen MR) is 92.9 cm³/mol. The maximum atomic E-state index is 12.6. The molecule has 3 aromatic rings. The van der Waals surface area contributed by atoms with Gasteiger partial charge in [-0.2, -0.15) is 13.2 Å². The lowest BCUT2D eigenvalue weighted by molar-refractivity contribution is -0.137. The van der Waals surface area contributed by atoms with Crippen LogP contribution in [0.5, 0.6) is 0 Å². The average Bonchev–Trinajstić information content (AvgIpc) is 2.67. The number of alkyl halides is 3. The van der Waals surface area contributed by atoms with E-state index in [0.717, 1.165) is 29.8 Å². The fourth-order valence-electron chi connectivity index (χ4n) is 2.30. The lowest BCUT2D eigenvalue weighted by Crippen LogP contribution is -2.23. The molecule has 140 valence electrons. The van der Waals surface area contributed by atoms with E-state index in [1.54, 1.807) is 30.6 Å². The molecule has 0 aliphatic carbocycles. The van der Waals surface area contributed by atoms with Crippen LogP contribution < -0.4 is 4.72 Å². The quantitative estimate of drug-likeness (QED) is 0.718. The van der Waals surface area contributed by atoms with Crippen LogP contribution in [0.15, 0.2) is 72.0 Å². The number of aromatic nitrogens is 2. The van der Waals surface area contributed by atoms with Gasteiger partial charge in [-0.15, -0.1) is 0 Å². The summed E-state index contributed by atoms with van der Waals surface area (Å²) in [5.41, 5.74) is 1.22. The van der Waals surface area contributed by atoms with Crippen LogP contribution >= 0.6 is 0 Å². The fourth-order valence-corrected chi connectivity index (χ4v) is 3.32. The van der Waals surface area contributed by atoms with Gasteiger partial charge in [0.05, 0.1) is 16.2 Å². The Hall–Kier alpha value is -2.78. The van der Waals surface area contributed by atoms with Crippen molar-refractivity contribution in [3.05, 3.63) is 78.2 Å². The van der Waals surface area contributed by atoms with Gasteiger partial charge in [0.25, 0.3) is 0 Å². The van der Waals surface area contributed by atoms with Gasteiger partial charge in [0, 0.05) is 30.7 Å². The zero-order valence-electron chi connectivity index (χ0n) is 13.8. The lowest BCUT2D eigenvalue weighted by atomic mass is 10.1. The van der Waals surface area contributed by atoms with Crippen LogP contribution in [0.3, 0.4) is 0 Å². The number of nitrogens with zero attached hydrogens (tertiary/aromatic N) is 2. The van der Waals surface area contributed by atoms with Gasteiger partial charge in [0.1, 0.15) is 0 Å². The van der Waals surface area contributed by atoms with Crippen molar-refractivity contribution >= 4 is 10.0 Å². The van der Waals surface area contributed by atoms with Crippen molar-refractivity contribution in [2.45, 2.75) is 17.6 Å². The molecule has 0 fully saturated rings. The Labute approximate surface area is 154 Å². The molecule has 0 aliphatic heterocycles. The summed E-state index contributed by atoms with van der Waals surface area (Å²) in [7, 11) is -3.94. The van der Waals surface area contributed by atoms with E-state index in [-0.39, 0.29) is 11.4 Å². The zero-order valence-corrected chi connectivity index (χ0v) is 14.6. The molecule has 0 aliphatic rings. The molecule has 2 aromatic heterocycles. The molecule has 0 radical (unpaired) electrons. The smallest absolute Gasteiger partial charge is 0.264 e. The Morgan fingerprint density at radius 1 is 0.963 bits per heavy atom. The Bertz CT molecular complexity index is 1000. The topological polar surface area (TPSA) is 72.0 Å². The third-order valence-electron chi connectivity index (χ3n) is 3.74. The minimum absolute atomic E-state index is 0.0380. The van der Waals surface area contributed by atoms with Gasteiger partial charge in [-0.25, -0.2) is 13.1 Å². The molecule has 9 heteroatoms. The fraction of sp³-hybridized carbons (Fsp3) is 0.111. The van der Waals surface area contributed by atoms with Gasteiger partial charge in [-0.05, 0) is 48.0 Å². The first-order chi connectivity index (χ1) is 12.8. The van der Waals surface area contributed by atoms with Crippen molar-refractivity contribution in [3.8, 4) is 11.3 Å². The molecule has 1 aromatic carbocycles. The second-order valence-electron chi connectivity index (χ2n) is 5.64. The molecule has 1 N–H and O–H groups in total. The van der Waals surface area contributed by atoms with Crippen LogP contribution in [0.4, 0.5) is 13.2 Å². The minimum atomic E-state index is -4.52. The highest BCUT2D eigenvalue weighted by Crippen LogP contribution is 2.29. The van der Waals surface area contributed by atoms with Gasteiger partial charge >= 0.3 is 6.18 Å². The molecule has 0 spiro atoms. The van der Waals surface area contributed by atoms with Gasteiger partial charge < -0.3 is 0 Å². The molecule has 0 saturated carbocycles. The second-order valence-corrected chi connectivity index (χ2v) is 7.41. The van der Waals surface area contributed by atoms with E-state index in [4.69, 9.17) is 0 Å². The Morgan fingerprint density at radius 3 is 2.26 bits per heavy atom. The van der Waals surface area contributed by atoms with Crippen molar-refractivity contribution in [2.75, 3.05) is 0 Å². The lowest BCUT2D eigenvalue weighted by Gasteiger charge is -2.09. The van der Waals surface area contributed by atoms with Crippen molar-refractivity contribution < 1.29 is 21.6 Å². The van der Waals surface area contributed by atoms with E-state index in [1.807, 2.05) is 6.07 Å². The average molecular weight is 393 g/mol. The highest BCUT2D eigenvalue weighted by atomic mass is 32.2. The molecule has 2 heterocycles. The number of rotatable bonds is 5. The maximum Gasteiger partial charge on any atom is 0.416 e. The molecule has 0 atom stereocenters. The van der Waals surface area contributed by atoms with Crippen LogP contribution in [0.1, 0.15) is 11.1 Å². The second kappa shape index (κ2) is 7.45. The number of hydrogen-bond donors (Lipinski definition) is 1. The van der Waals surface area contributed by atoms with E-state index in [0.29, 0.717) is 11.3 Å². The van der Waals surface area contributed by atoms with Crippen molar-refractivity contribution in [1.29, 1.82) is 0 Å². The van der Waals surface area contributed by atoms with E-state index < -0.39 is 21.8 Å². The third-order valence-corrected chi connectivity index (χ3v) is 5.16. The summed E-state index contributed by atoms with van der Waals surface area (Å²) in [6, 6.07) is 10.4. The number of nitrogens with one attached hydrogen (secondary N) is 1. The Morgan fingerprint density at radius 2 is 1.70 bits per heavy atom. The van der Waals surface area contributed by atoms with Crippen LogP contribution in [0.2, 0.25) is 0 Å². The van der Waals surface area contributed by atoms with Gasteiger partial charge in [0.15, 0.2) is 0 Å². The van der Waals surface area contributed by atoms with Gasteiger partial charge in [0.2, 0.25) is 10.0 Å². The highest BCUT2D eigenvalue weighted by Gasteiger charge is 2.30. The summed E-state index contributed by atoms with van der Waals surface area (Å²) in [6.07, 6.45) is 0.318. The first kappa shape index (κ1) is 19.0. The molecular weight excluding hydrogens is 379 g/mol. The van der Waals surface area contributed by atoms with Crippen LogP contribution in [0.25, 0.3) is 11.3 Å². The number of benzene rings is 1. The van der Waals surface area contributed by atoms with Gasteiger partial charge in [-0.1, -0.05) is 6.07 Å². The van der Waals surface area contributed by atoms with E-state index in [1.165, 1.54) is 6.20 Å². The van der Waals surface area contributed by atoms with Crippen molar-refractivity contribution in [1.82, 2.24) is 14.7 Å². The predicted octanol–water partition coefficient (Wildman–Crippen LogP) is 3.64. The largest absolute Gasteiger partial charge is 0.416 e. The first-order valence-corrected chi connectivity index (χ1v) is 9.26. The summed E-state index contributed by atoms with van der Waals surface area (Å²) in [5, 5.41) is 0. The normalized spacial score (nSPS) is 12.1. The van der Waals surface area contributed by atoms with Crippen LogP contribution in [-0.4, -0.2) is 18.4 Å². The third kappa shape index (κ3) is 4.69. The SMILES string of the molecule is O=S(=O)(NCc1ccc(-c2cccnc2)nc1)c1ccc(C(F)(F)F)cc1. The summed E-state index contributed by atoms with van der Waals surface area (Å²) in [6.45, 7) is -0.0380. The number of hydrogen-bond acceptors (Lipinski definition) is 4. The summed E-state index contributed by atoms with van der Waals surface area (Å²) < 4.78 is 64.5. The number of halogens is 3.